The number of hydrogen-bond acceptors (Lipinski definition) is 4. The number of rotatable bonds is 7. The number of benzene rings is 1. The van der Waals surface area contributed by atoms with E-state index in [2.05, 4.69) is 0 Å². The third-order valence-corrected chi connectivity index (χ3v) is 5.77. The van der Waals surface area contributed by atoms with Gasteiger partial charge >= 0.3 is 12.1 Å². The first kappa shape index (κ1) is 21.5. The molecule has 0 bridgehead atoms. The van der Waals surface area contributed by atoms with E-state index in [9.17, 15) is 31.6 Å². The summed E-state index contributed by atoms with van der Waals surface area (Å²) in [7, 11) is -3.95. The molecule has 1 aromatic heterocycles. The first-order chi connectivity index (χ1) is 13.0. The summed E-state index contributed by atoms with van der Waals surface area (Å²) in [5.74, 6) is -1.49. The Morgan fingerprint density at radius 3 is 2.46 bits per heavy atom. The van der Waals surface area contributed by atoms with Crippen molar-refractivity contribution >= 4 is 15.8 Å². The molecule has 1 N–H and O–H groups in total. The molecule has 10 heteroatoms. The van der Waals surface area contributed by atoms with Crippen molar-refractivity contribution in [3.8, 4) is 17.2 Å². The second-order valence-electron chi connectivity index (χ2n) is 6.18. The SMILES string of the molecule is CCCCS(=O)(=O)c1cc(-c2cn(CC(=O)O)cc2C#N)cc(C(F)(F)F)c1. The summed E-state index contributed by atoms with van der Waals surface area (Å²) >= 11 is 0. The minimum Gasteiger partial charge on any atom is -0.480 e. The Morgan fingerprint density at radius 1 is 1.25 bits per heavy atom. The molecule has 0 fully saturated rings. The smallest absolute Gasteiger partial charge is 0.416 e. The van der Waals surface area contributed by atoms with Crippen LogP contribution in [-0.2, 0) is 27.4 Å². The average molecular weight is 414 g/mol. The highest BCUT2D eigenvalue weighted by Gasteiger charge is 2.33. The fourth-order valence-corrected chi connectivity index (χ4v) is 4.14. The summed E-state index contributed by atoms with van der Waals surface area (Å²) in [6.45, 7) is 1.27. The molecule has 28 heavy (non-hydrogen) atoms. The molecule has 0 aliphatic rings. The first-order valence-corrected chi connectivity index (χ1v) is 9.90. The summed E-state index contributed by atoms with van der Waals surface area (Å²) in [5, 5.41) is 18.1. The van der Waals surface area contributed by atoms with E-state index in [0.29, 0.717) is 18.9 Å². The van der Waals surface area contributed by atoms with Gasteiger partial charge in [-0.15, -0.1) is 0 Å². The molecule has 6 nitrogen and oxygen atoms in total. The van der Waals surface area contributed by atoms with Crippen LogP contribution >= 0.6 is 0 Å². The zero-order valence-electron chi connectivity index (χ0n) is 14.8. The number of unbranched alkanes of at least 4 members (excludes halogenated alkanes) is 1. The summed E-state index contributed by atoms with van der Waals surface area (Å²) in [4.78, 5) is 10.4. The van der Waals surface area contributed by atoms with E-state index in [0.717, 1.165) is 16.7 Å². The van der Waals surface area contributed by atoms with Gasteiger partial charge in [-0.3, -0.25) is 4.79 Å². The Kier molecular flexibility index (Phi) is 6.19. The number of nitrogens with zero attached hydrogens (tertiary/aromatic N) is 2. The standard InChI is InChI=1S/C18H17F3N2O4S/c1-2-3-4-28(26,27)15-6-12(5-14(7-15)18(19,20)21)16-10-23(11-17(24)25)9-13(16)8-22/h5-7,9-10H,2-4,11H2,1H3,(H,24,25). The maximum Gasteiger partial charge on any atom is 0.416 e. The van der Waals surface area contributed by atoms with E-state index < -0.39 is 39.0 Å². The summed E-state index contributed by atoms with van der Waals surface area (Å²) in [6.07, 6.45) is -1.53. The minimum atomic E-state index is -4.79. The predicted molar refractivity (Wildman–Crippen MR) is 94.2 cm³/mol. The van der Waals surface area contributed by atoms with Crippen LogP contribution in [0.5, 0.6) is 0 Å². The normalized spacial score (nSPS) is 12.0. The van der Waals surface area contributed by atoms with Gasteiger partial charge in [0.05, 0.1) is 21.8 Å². The Bertz CT molecular complexity index is 1030. The van der Waals surface area contributed by atoms with Gasteiger partial charge in [-0.2, -0.15) is 18.4 Å². The van der Waals surface area contributed by atoms with Crippen molar-refractivity contribution in [3.63, 3.8) is 0 Å². The highest BCUT2D eigenvalue weighted by Crippen LogP contribution is 2.36. The number of aliphatic carboxylic acids is 1. The Balaban J connectivity index is 2.68. The lowest BCUT2D eigenvalue weighted by Gasteiger charge is -2.12. The molecule has 0 aliphatic heterocycles. The molecular weight excluding hydrogens is 397 g/mol. The molecule has 2 aromatic rings. The van der Waals surface area contributed by atoms with Crippen LogP contribution in [0.2, 0.25) is 0 Å². The topological polar surface area (TPSA) is 100 Å². The third-order valence-electron chi connectivity index (χ3n) is 3.99. The molecule has 150 valence electrons. The molecule has 0 amide bonds. The van der Waals surface area contributed by atoms with Crippen molar-refractivity contribution in [3.05, 3.63) is 41.7 Å². The summed E-state index contributed by atoms with van der Waals surface area (Å²) in [5.41, 5.74) is -1.31. The molecule has 1 aromatic carbocycles. The number of hydrogen-bond donors (Lipinski definition) is 1. The van der Waals surface area contributed by atoms with Crippen LogP contribution in [-0.4, -0.2) is 29.8 Å². The van der Waals surface area contributed by atoms with E-state index in [4.69, 9.17) is 5.11 Å². The van der Waals surface area contributed by atoms with Crippen LogP contribution in [0, 0.1) is 11.3 Å². The number of alkyl halides is 3. The second-order valence-corrected chi connectivity index (χ2v) is 8.29. The first-order valence-electron chi connectivity index (χ1n) is 8.25. The molecule has 0 saturated carbocycles. The van der Waals surface area contributed by atoms with Gasteiger partial charge in [-0.05, 0) is 30.2 Å². The van der Waals surface area contributed by atoms with E-state index in [-0.39, 0.29) is 22.4 Å². The monoisotopic (exact) mass is 414 g/mol. The zero-order chi connectivity index (χ0) is 21.1. The van der Waals surface area contributed by atoms with E-state index in [1.165, 1.54) is 12.4 Å². The van der Waals surface area contributed by atoms with Crippen molar-refractivity contribution < 1.29 is 31.5 Å². The molecule has 1 heterocycles. The molecule has 0 atom stereocenters. The summed E-state index contributed by atoms with van der Waals surface area (Å²) in [6, 6.07) is 4.21. The number of sulfone groups is 1. The maximum absolute atomic E-state index is 13.3. The molecular formula is C18H17F3N2O4S. The Labute approximate surface area is 159 Å². The predicted octanol–water partition coefficient (Wildman–Crippen LogP) is 3.70. The van der Waals surface area contributed by atoms with Gasteiger partial charge in [0, 0.05) is 18.0 Å². The lowest BCUT2D eigenvalue weighted by Crippen LogP contribution is -2.11. The van der Waals surface area contributed by atoms with Crippen LogP contribution in [0.3, 0.4) is 0 Å². The molecule has 0 saturated heterocycles. The molecule has 0 radical (unpaired) electrons. The van der Waals surface area contributed by atoms with E-state index >= 15 is 0 Å². The van der Waals surface area contributed by atoms with Crippen LogP contribution in [0.25, 0.3) is 11.1 Å². The van der Waals surface area contributed by atoms with Crippen molar-refractivity contribution in [2.75, 3.05) is 5.75 Å². The van der Waals surface area contributed by atoms with Crippen LogP contribution in [0.4, 0.5) is 13.2 Å². The Morgan fingerprint density at radius 2 is 1.93 bits per heavy atom. The fourth-order valence-electron chi connectivity index (χ4n) is 2.62. The van der Waals surface area contributed by atoms with Crippen molar-refractivity contribution in [2.24, 2.45) is 0 Å². The number of aromatic nitrogens is 1. The van der Waals surface area contributed by atoms with Crippen molar-refractivity contribution in [2.45, 2.75) is 37.4 Å². The van der Waals surface area contributed by atoms with Crippen molar-refractivity contribution in [1.82, 2.24) is 4.57 Å². The molecule has 0 aliphatic carbocycles. The van der Waals surface area contributed by atoms with Crippen LogP contribution < -0.4 is 0 Å². The lowest BCUT2D eigenvalue weighted by molar-refractivity contribution is -0.138. The van der Waals surface area contributed by atoms with E-state index in [1.807, 2.05) is 0 Å². The van der Waals surface area contributed by atoms with E-state index in [1.54, 1.807) is 13.0 Å². The Hall–Kier alpha value is -2.80. The average Bonchev–Trinajstić information content (AvgIpc) is 3.01. The van der Waals surface area contributed by atoms with Gasteiger partial charge in [-0.25, -0.2) is 8.42 Å². The maximum atomic E-state index is 13.3. The number of halogens is 3. The molecule has 2 rings (SSSR count). The quantitative estimate of drug-likeness (QED) is 0.745. The van der Waals surface area contributed by atoms with Gasteiger partial charge in [0.1, 0.15) is 12.6 Å². The number of nitriles is 1. The van der Waals surface area contributed by atoms with Gasteiger partial charge in [0.25, 0.3) is 0 Å². The molecule has 0 unspecified atom stereocenters. The van der Waals surface area contributed by atoms with Gasteiger partial charge in [0.15, 0.2) is 9.84 Å². The fraction of sp³-hybridized carbons (Fsp3) is 0.333. The third kappa shape index (κ3) is 4.92. The zero-order valence-corrected chi connectivity index (χ0v) is 15.6. The van der Waals surface area contributed by atoms with Crippen molar-refractivity contribution in [1.29, 1.82) is 5.26 Å². The van der Waals surface area contributed by atoms with Crippen LogP contribution in [0.15, 0.2) is 35.5 Å². The lowest BCUT2D eigenvalue weighted by atomic mass is 10.0. The molecule has 0 spiro atoms. The second kappa shape index (κ2) is 8.06. The number of carboxylic acids is 1. The highest BCUT2D eigenvalue weighted by molar-refractivity contribution is 7.91. The largest absolute Gasteiger partial charge is 0.480 e. The highest BCUT2D eigenvalue weighted by atomic mass is 32.2. The van der Waals surface area contributed by atoms with Gasteiger partial charge in [-0.1, -0.05) is 13.3 Å². The minimum absolute atomic E-state index is 0.0294. The van der Waals surface area contributed by atoms with Crippen LogP contribution in [0.1, 0.15) is 30.9 Å². The summed E-state index contributed by atoms with van der Waals surface area (Å²) < 4.78 is 66.0. The van der Waals surface area contributed by atoms with Gasteiger partial charge < -0.3 is 9.67 Å². The number of carboxylic acid groups (broad SMARTS) is 1. The number of carbonyl (C=O) groups is 1. The van der Waals surface area contributed by atoms with Gasteiger partial charge in [0.2, 0.25) is 0 Å².